The summed E-state index contributed by atoms with van der Waals surface area (Å²) in [7, 11) is 0. The highest BCUT2D eigenvalue weighted by molar-refractivity contribution is 5.94. The number of rotatable bonds is 5. The van der Waals surface area contributed by atoms with Gasteiger partial charge in [-0.05, 0) is 26.2 Å². The van der Waals surface area contributed by atoms with Crippen molar-refractivity contribution in [3.8, 4) is 0 Å². The van der Waals surface area contributed by atoms with E-state index in [1.165, 1.54) is 25.7 Å². The van der Waals surface area contributed by atoms with Crippen LogP contribution in [0.4, 0.5) is 0 Å². The van der Waals surface area contributed by atoms with Crippen molar-refractivity contribution in [1.82, 2.24) is 10.2 Å². The van der Waals surface area contributed by atoms with E-state index < -0.39 is 5.54 Å². The molecule has 2 rings (SSSR count). The zero-order valence-electron chi connectivity index (χ0n) is 13.6. The van der Waals surface area contributed by atoms with Crippen molar-refractivity contribution in [3.63, 3.8) is 0 Å². The number of unbranched alkanes of at least 4 members (excludes halogenated alkanes) is 3. The van der Waals surface area contributed by atoms with Crippen LogP contribution in [0.15, 0.2) is 0 Å². The van der Waals surface area contributed by atoms with Gasteiger partial charge in [-0.15, -0.1) is 0 Å². The molecule has 1 heterocycles. The fraction of sp³-hybridized carbons (Fsp3) is 0.882. The van der Waals surface area contributed by atoms with Crippen LogP contribution in [-0.4, -0.2) is 34.8 Å². The number of nitrogens with one attached hydrogen (secondary N) is 1. The molecule has 0 aromatic rings. The predicted molar refractivity (Wildman–Crippen MR) is 83.9 cm³/mol. The van der Waals surface area contributed by atoms with Crippen LogP contribution in [0.2, 0.25) is 0 Å². The van der Waals surface area contributed by atoms with Gasteiger partial charge in [-0.25, -0.2) is 0 Å². The second-order valence-electron chi connectivity index (χ2n) is 6.80. The van der Waals surface area contributed by atoms with E-state index in [0.717, 1.165) is 38.6 Å². The molecule has 120 valence electrons. The van der Waals surface area contributed by atoms with E-state index in [1.54, 1.807) is 0 Å². The van der Waals surface area contributed by atoms with Crippen LogP contribution in [-0.2, 0) is 9.59 Å². The Bertz CT molecular complexity index is 375. The first-order chi connectivity index (χ1) is 10.1. The van der Waals surface area contributed by atoms with Crippen molar-refractivity contribution in [2.24, 2.45) is 0 Å². The normalized spacial score (nSPS) is 25.8. The van der Waals surface area contributed by atoms with Crippen molar-refractivity contribution in [2.75, 3.05) is 6.54 Å². The third-order valence-electron chi connectivity index (χ3n) is 5.02. The summed E-state index contributed by atoms with van der Waals surface area (Å²) in [5.41, 5.74) is -0.592. The Morgan fingerprint density at radius 3 is 2.52 bits per heavy atom. The standard InChI is InChI=1S/C17H30N2O2/c1-3-4-5-9-12-19-14(2)13-15(20)18-17(16(19)21)10-7-6-8-11-17/h14H,3-13H2,1-2H3,(H,18,20). The summed E-state index contributed by atoms with van der Waals surface area (Å²) >= 11 is 0. The number of nitrogens with zero attached hydrogens (tertiary/aromatic N) is 1. The second-order valence-corrected chi connectivity index (χ2v) is 6.80. The van der Waals surface area contributed by atoms with Gasteiger partial charge in [0, 0.05) is 19.0 Å². The maximum absolute atomic E-state index is 13.1. The topological polar surface area (TPSA) is 49.4 Å². The Morgan fingerprint density at radius 1 is 1.14 bits per heavy atom. The van der Waals surface area contributed by atoms with E-state index in [4.69, 9.17) is 0 Å². The summed E-state index contributed by atoms with van der Waals surface area (Å²) < 4.78 is 0. The van der Waals surface area contributed by atoms with Gasteiger partial charge in [0.2, 0.25) is 11.8 Å². The Hall–Kier alpha value is -1.06. The van der Waals surface area contributed by atoms with Crippen LogP contribution in [0.5, 0.6) is 0 Å². The molecule has 0 aromatic carbocycles. The fourth-order valence-corrected chi connectivity index (χ4v) is 3.75. The lowest BCUT2D eigenvalue weighted by Gasteiger charge is -2.39. The lowest BCUT2D eigenvalue weighted by molar-refractivity contribution is -0.141. The van der Waals surface area contributed by atoms with Gasteiger partial charge >= 0.3 is 0 Å². The van der Waals surface area contributed by atoms with Crippen LogP contribution in [0, 0.1) is 0 Å². The summed E-state index contributed by atoms with van der Waals surface area (Å²) in [4.78, 5) is 27.2. The zero-order chi connectivity index (χ0) is 15.3. The highest BCUT2D eigenvalue weighted by Gasteiger charge is 2.46. The van der Waals surface area contributed by atoms with Crippen molar-refractivity contribution in [2.45, 2.75) is 89.6 Å². The highest BCUT2D eigenvalue weighted by atomic mass is 16.2. The maximum Gasteiger partial charge on any atom is 0.248 e. The molecule has 1 unspecified atom stereocenters. The van der Waals surface area contributed by atoms with E-state index in [2.05, 4.69) is 12.2 Å². The summed E-state index contributed by atoms with van der Waals surface area (Å²) in [5.74, 6) is 0.228. The molecular formula is C17H30N2O2. The number of hydrogen-bond acceptors (Lipinski definition) is 2. The van der Waals surface area contributed by atoms with Crippen LogP contribution < -0.4 is 5.32 Å². The lowest BCUT2D eigenvalue weighted by Crippen LogP contribution is -2.58. The molecule has 2 aliphatic rings. The van der Waals surface area contributed by atoms with Gasteiger partial charge in [-0.3, -0.25) is 9.59 Å². The lowest BCUT2D eigenvalue weighted by atomic mass is 9.80. The molecule has 0 bridgehead atoms. The summed E-state index contributed by atoms with van der Waals surface area (Å²) in [6.07, 6.45) is 9.99. The molecule has 1 saturated heterocycles. The second kappa shape index (κ2) is 7.28. The highest BCUT2D eigenvalue weighted by Crippen LogP contribution is 2.33. The minimum absolute atomic E-state index is 0.0282. The van der Waals surface area contributed by atoms with E-state index in [9.17, 15) is 9.59 Å². The first-order valence-electron chi connectivity index (χ1n) is 8.71. The van der Waals surface area contributed by atoms with Gasteiger partial charge in [-0.1, -0.05) is 45.4 Å². The van der Waals surface area contributed by atoms with E-state index in [-0.39, 0.29) is 17.9 Å². The van der Waals surface area contributed by atoms with Crippen molar-refractivity contribution in [3.05, 3.63) is 0 Å². The third kappa shape index (κ3) is 3.78. The molecule has 2 amide bonds. The van der Waals surface area contributed by atoms with Gasteiger partial charge in [0.15, 0.2) is 0 Å². The van der Waals surface area contributed by atoms with Crippen LogP contribution in [0.1, 0.15) is 78.1 Å². The molecular weight excluding hydrogens is 264 g/mol. The monoisotopic (exact) mass is 294 g/mol. The molecule has 2 fully saturated rings. The van der Waals surface area contributed by atoms with Gasteiger partial charge in [0.1, 0.15) is 5.54 Å². The fourth-order valence-electron chi connectivity index (χ4n) is 3.75. The summed E-state index contributed by atoms with van der Waals surface area (Å²) in [6, 6.07) is 0.0282. The molecule has 4 nitrogen and oxygen atoms in total. The molecule has 0 radical (unpaired) electrons. The molecule has 21 heavy (non-hydrogen) atoms. The Kier molecular flexibility index (Phi) is 5.65. The van der Waals surface area contributed by atoms with Crippen molar-refractivity contribution >= 4 is 11.8 Å². The number of amides is 2. The van der Waals surface area contributed by atoms with Crippen LogP contribution in [0.3, 0.4) is 0 Å². The molecule has 1 N–H and O–H groups in total. The number of hydrogen-bond donors (Lipinski definition) is 1. The minimum atomic E-state index is -0.592. The molecule has 1 saturated carbocycles. The average Bonchev–Trinajstić information content (AvgIpc) is 2.54. The summed E-state index contributed by atoms with van der Waals surface area (Å²) in [5, 5.41) is 3.08. The first kappa shape index (κ1) is 16.3. The maximum atomic E-state index is 13.1. The van der Waals surface area contributed by atoms with Crippen molar-refractivity contribution < 1.29 is 9.59 Å². The largest absolute Gasteiger partial charge is 0.342 e. The smallest absolute Gasteiger partial charge is 0.248 e. The van der Waals surface area contributed by atoms with Crippen molar-refractivity contribution in [1.29, 1.82) is 0 Å². The van der Waals surface area contributed by atoms with Gasteiger partial charge in [-0.2, -0.15) is 0 Å². The zero-order valence-corrected chi connectivity index (χ0v) is 13.6. The quantitative estimate of drug-likeness (QED) is 0.792. The molecule has 1 aliphatic heterocycles. The molecule has 1 spiro atoms. The van der Waals surface area contributed by atoms with Crippen LogP contribution >= 0.6 is 0 Å². The molecule has 1 aliphatic carbocycles. The van der Waals surface area contributed by atoms with E-state index in [0.29, 0.717) is 6.42 Å². The SMILES string of the molecule is CCCCCCN1C(=O)C2(CCCCC2)NC(=O)CC1C. The molecule has 4 heteroatoms. The molecule has 0 aromatic heterocycles. The van der Waals surface area contributed by atoms with E-state index >= 15 is 0 Å². The van der Waals surface area contributed by atoms with E-state index in [1.807, 2.05) is 11.8 Å². The minimum Gasteiger partial charge on any atom is -0.342 e. The average molecular weight is 294 g/mol. The van der Waals surface area contributed by atoms with Gasteiger partial charge < -0.3 is 10.2 Å². The number of carbonyl (C=O) groups excluding carboxylic acids is 2. The number of carbonyl (C=O) groups is 2. The third-order valence-corrected chi connectivity index (χ3v) is 5.02. The predicted octanol–water partition coefficient (Wildman–Crippen LogP) is 3.01. The molecule has 1 atom stereocenters. The first-order valence-corrected chi connectivity index (χ1v) is 8.71. The van der Waals surface area contributed by atoms with Gasteiger partial charge in [0.05, 0.1) is 0 Å². The van der Waals surface area contributed by atoms with Crippen LogP contribution in [0.25, 0.3) is 0 Å². The Balaban J connectivity index is 2.09. The Morgan fingerprint density at radius 2 is 1.86 bits per heavy atom. The van der Waals surface area contributed by atoms with Gasteiger partial charge in [0.25, 0.3) is 0 Å². The Labute approximate surface area is 128 Å². The summed E-state index contributed by atoms with van der Waals surface area (Å²) in [6.45, 7) is 5.01.